The monoisotopic (exact) mass is 443 g/mol. The maximum absolute atomic E-state index is 12.2. The molecule has 0 aliphatic carbocycles. The van der Waals surface area contributed by atoms with Crippen LogP contribution in [0.25, 0.3) is 5.70 Å². The number of carbonyl (C=O) groups excluding carboxylic acids is 1. The predicted molar refractivity (Wildman–Crippen MR) is 107 cm³/mol. The van der Waals surface area contributed by atoms with Crippen LogP contribution in [-0.4, -0.2) is 72.8 Å². The second-order valence-corrected chi connectivity index (χ2v) is 14.6. The summed E-state index contributed by atoms with van der Waals surface area (Å²) in [5.41, 5.74) is 1.57. The van der Waals surface area contributed by atoms with Crippen LogP contribution in [0.3, 0.4) is 0 Å². The first-order valence-corrected chi connectivity index (χ1v) is 13.6. The first-order chi connectivity index (χ1) is 13.3. The Labute approximate surface area is 172 Å². The Kier molecular flexibility index (Phi) is 5.68. The van der Waals surface area contributed by atoms with E-state index in [9.17, 15) is 17.8 Å². The van der Waals surface area contributed by atoms with Gasteiger partial charge in [0.05, 0.1) is 17.9 Å². The largest absolute Gasteiger partial charge is 0.724 e. The lowest BCUT2D eigenvalue weighted by Crippen LogP contribution is -2.41. The Morgan fingerprint density at radius 3 is 2.66 bits per heavy atom. The maximum Gasteiger partial charge on any atom is 0.346 e. The first kappa shape index (κ1) is 22.0. The molecule has 29 heavy (non-hydrogen) atoms. The van der Waals surface area contributed by atoms with Gasteiger partial charge in [-0.25, -0.2) is 17.9 Å². The van der Waals surface area contributed by atoms with E-state index in [4.69, 9.17) is 4.43 Å². The van der Waals surface area contributed by atoms with Crippen LogP contribution in [0.1, 0.15) is 26.5 Å². The molecule has 0 spiro atoms. The number of amides is 2. The van der Waals surface area contributed by atoms with E-state index in [1.807, 2.05) is 6.07 Å². The molecule has 1 unspecified atom stereocenters. The van der Waals surface area contributed by atoms with Crippen molar-refractivity contribution in [2.24, 2.45) is 0 Å². The van der Waals surface area contributed by atoms with E-state index in [2.05, 4.69) is 43.2 Å². The lowest BCUT2D eigenvalue weighted by Gasteiger charge is -2.36. The minimum Gasteiger partial charge on any atom is -0.724 e. The third-order valence-electron chi connectivity index (χ3n) is 5.64. The molecule has 0 radical (unpaired) electrons. The van der Waals surface area contributed by atoms with Gasteiger partial charge in [0.2, 0.25) is 10.4 Å². The summed E-state index contributed by atoms with van der Waals surface area (Å²) >= 11 is 0. The standard InChI is InChI=1S/C17H28N4O6SSi/c1-17(2,3)29(4,5)26-9-7-13-6-8-20(18-13)14-10-15-12-19(11-14)16(22)21(15)27-28(23,24)25/h6,8,10,15H,7,9,11-12H2,1-5H3,(H,23,24,25)/p-1. The molecule has 0 aromatic carbocycles. The van der Waals surface area contributed by atoms with Crippen molar-refractivity contribution in [3.05, 3.63) is 24.0 Å². The van der Waals surface area contributed by atoms with Crippen LogP contribution in [0.15, 0.2) is 18.3 Å². The smallest absolute Gasteiger partial charge is 0.346 e. The van der Waals surface area contributed by atoms with Crippen molar-refractivity contribution < 1.29 is 26.5 Å². The van der Waals surface area contributed by atoms with Crippen LogP contribution in [0.4, 0.5) is 4.79 Å². The highest BCUT2D eigenvalue weighted by Crippen LogP contribution is 2.36. The minimum atomic E-state index is -5.02. The second kappa shape index (κ2) is 7.51. The van der Waals surface area contributed by atoms with Gasteiger partial charge in [-0.3, -0.25) is 0 Å². The molecule has 2 aliphatic heterocycles. The van der Waals surface area contributed by atoms with Gasteiger partial charge in [-0.05, 0) is 30.3 Å². The van der Waals surface area contributed by atoms with Gasteiger partial charge in [0.15, 0.2) is 8.32 Å². The molecule has 1 atom stereocenters. The van der Waals surface area contributed by atoms with Gasteiger partial charge < -0.3 is 13.9 Å². The lowest BCUT2D eigenvalue weighted by molar-refractivity contribution is -0.0195. The molecule has 1 saturated heterocycles. The number of hydroxylamine groups is 2. The third kappa shape index (κ3) is 4.89. The Morgan fingerprint density at radius 2 is 2.03 bits per heavy atom. The fourth-order valence-electron chi connectivity index (χ4n) is 3.00. The quantitative estimate of drug-likeness (QED) is 0.358. The summed E-state index contributed by atoms with van der Waals surface area (Å²) in [6, 6.07) is 0.570. The summed E-state index contributed by atoms with van der Waals surface area (Å²) in [6.07, 6.45) is 4.15. The van der Waals surface area contributed by atoms with Crippen LogP contribution < -0.4 is 0 Å². The third-order valence-corrected chi connectivity index (χ3v) is 10.5. The molecule has 10 nitrogen and oxygen atoms in total. The number of urea groups is 1. The summed E-state index contributed by atoms with van der Waals surface area (Å²) in [7, 11) is -6.84. The molecule has 0 N–H and O–H groups in total. The van der Waals surface area contributed by atoms with Crippen molar-refractivity contribution in [3.63, 3.8) is 0 Å². The molecule has 12 heteroatoms. The van der Waals surface area contributed by atoms with Gasteiger partial charge >= 0.3 is 6.03 Å². The number of aromatic nitrogens is 2. The first-order valence-electron chi connectivity index (χ1n) is 9.40. The van der Waals surface area contributed by atoms with E-state index in [0.717, 1.165) is 5.69 Å². The molecular weight excluding hydrogens is 416 g/mol. The van der Waals surface area contributed by atoms with Crippen LogP contribution >= 0.6 is 0 Å². The molecule has 2 amide bonds. The highest BCUT2D eigenvalue weighted by molar-refractivity contribution is 7.80. The van der Waals surface area contributed by atoms with E-state index in [1.54, 1.807) is 17.0 Å². The highest BCUT2D eigenvalue weighted by Gasteiger charge is 2.42. The maximum atomic E-state index is 12.2. The Bertz CT molecular complexity index is 921. The average Bonchev–Trinajstić information content (AvgIpc) is 3.12. The molecule has 3 rings (SSSR count). The zero-order valence-corrected chi connectivity index (χ0v) is 19.1. The van der Waals surface area contributed by atoms with Gasteiger partial charge in [0, 0.05) is 25.8 Å². The molecule has 0 saturated carbocycles. The van der Waals surface area contributed by atoms with Crippen LogP contribution in [0.5, 0.6) is 0 Å². The number of rotatable bonds is 7. The van der Waals surface area contributed by atoms with Gasteiger partial charge in [0.1, 0.15) is 6.04 Å². The fraction of sp³-hybridized carbons (Fsp3) is 0.647. The Hall–Kier alpha value is -1.73. The second-order valence-electron chi connectivity index (χ2n) is 8.81. The number of hydrogen-bond acceptors (Lipinski definition) is 7. The molecule has 1 aromatic heterocycles. The van der Waals surface area contributed by atoms with E-state index in [0.29, 0.717) is 23.8 Å². The van der Waals surface area contributed by atoms with E-state index < -0.39 is 30.8 Å². The predicted octanol–water partition coefficient (Wildman–Crippen LogP) is 1.80. The average molecular weight is 444 g/mol. The SMILES string of the molecule is CC(C)(C)[Si](C)(C)OCCc1ccn(C2=CC3CN(C2)C(=O)N3OS(=O)(=O)[O-])n1. The molecular formula is C17H27N4O6SSi-. The number of hydrogen-bond donors (Lipinski definition) is 0. The molecule has 162 valence electrons. The highest BCUT2D eigenvalue weighted by atomic mass is 32.3. The zero-order chi connectivity index (χ0) is 21.6. The molecule has 1 aromatic rings. The lowest BCUT2D eigenvalue weighted by atomic mass is 10.2. The summed E-state index contributed by atoms with van der Waals surface area (Å²) in [5.74, 6) is 0. The van der Waals surface area contributed by atoms with Gasteiger partial charge in [-0.15, -0.1) is 0 Å². The van der Waals surface area contributed by atoms with Crippen molar-refractivity contribution in [1.29, 1.82) is 0 Å². The van der Waals surface area contributed by atoms with Crippen molar-refractivity contribution >= 4 is 30.4 Å². The summed E-state index contributed by atoms with van der Waals surface area (Å²) < 4.78 is 44.8. The number of nitrogens with zero attached hydrogens (tertiary/aromatic N) is 4. The Balaban J connectivity index is 1.65. The topological polar surface area (TPSA) is 117 Å². The van der Waals surface area contributed by atoms with Crippen molar-refractivity contribution in [2.45, 2.75) is 51.4 Å². The molecule has 2 aliphatic rings. The summed E-state index contributed by atoms with van der Waals surface area (Å²) in [4.78, 5) is 13.6. The molecule has 1 fully saturated rings. The van der Waals surface area contributed by atoms with Gasteiger partial charge in [-0.1, -0.05) is 20.8 Å². The van der Waals surface area contributed by atoms with E-state index in [1.165, 1.54) is 4.90 Å². The summed E-state index contributed by atoms with van der Waals surface area (Å²) in [5, 5.41) is 5.29. The minimum absolute atomic E-state index is 0.144. The summed E-state index contributed by atoms with van der Waals surface area (Å²) in [6.45, 7) is 12.1. The van der Waals surface area contributed by atoms with Gasteiger partial charge in [0.25, 0.3) is 0 Å². The van der Waals surface area contributed by atoms with E-state index >= 15 is 0 Å². The fourth-order valence-corrected chi connectivity index (χ4v) is 4.42. The zero-order valence-electron chi connectivity index (χ0n) is 17.3. The van der Waals surface area contributed by atoms with Crippen LogP contribution in [-0.2, 0) is 25.5 Å². The van der Waals surface area contributed by atoms with Crippen molar-refractivity contribution in [1.82, 2.24) is 19.7 Å². The normalized spacial score (nSPS) is 20.4. The molecule has 3 heterocycles. The van der Waals surface area contributed by atoms with Gasteiger partial charge in [-0.2, -0.15) is 14.4 Å². The van der Waals surface area contributed by atoms with Crippen LogP contribution in [0.2, 0.25) is 18.1 Å². The van der Waals surface area contributed by atoms with Crippen molar-refractivity contribution in [3.8, 4) is 0 Å². The molecule has 2 bridgehead atoms. The number of fused-ring (bicyclic) bond motifs is 2. The van der Waals surface area contributed by atoms with E-state index in [-0.39, 0.29) is 18.1 Å². The van der Waals surface area contributed by atoms with Crippen molar-refractivity contribution in [2.75, 3.05) is 19.7 Å². The van der Waals surface area contributed by atoms with Crippen LogP contribution in [0, 0.1) is 0 Å². The Morgan fingerprint density at radius 1 is 1.34 bits per heavy atom. The number of carbonyl (C=O) groups is 1.